The molecule has 0 saturated carbocycles. The van der Waals surface area contributed by atoms with Crippen LogP contribution >= 0.6 is 0 Å². The van der Waals surface area contributed by atoms with Crippen LogP contribution in [0, 0.1) is 17.5 Å². The van der Waals surface area contributed by atoms with Gasteiger partial charge in [-0.25, -0.2) is 18.2 Å². The fourth-order valence-electron chi connectivity index (χ4n) is 2.24. The first kappa shape index (κ1) is 17.5. The number of ether oxygens (including phenoxy) is 1. The summed E-state index contributed by atoms with van der Waals surface area (Å²) < 4.78 is 45.4. The van der Waals surface area contributed by atoms with Crippen LogP contribution in [0.5, 0.6) is 11.6 Å². The zero-order chi connectivity index (χ0) is 18.5. The number of rotatable bonds is 5. The van der Waals surface area contributed by atoms with Crippen LogP contribution in [-0.2, 0) is 6.54 Å². The second-order valence-electron chi connectivity index (χ2n) is 5.33. The topological polar surface area (TPSA) is 51.2 Å². The van der Waals surface area contributed by atoms with Crippen molar-refractivity contribution in [1.82, 2.24) is 10.3 Å². The zero-order valence-corrected chi connectivity index (χ0v) is 13.4. The summed E-state index contributed by atoms with van der Waals surface area (Å²) in [6, 6.07) is 11.5. The van der Waals surface area contributed by atoms with E-state index in [1.165, 1.54) is 24.4 Å². The highest BCUT2D eigenvalue weighted by atomic mass is 19.1. The van der Waals surface area contributed by atoms with E-state index in [9.17, 15) is 18.0 Å². The average Bonchev–Trinajstić information content (AvgIpc) is 2.61. The van der Waals surface area contributed by atoms with E-state index in [4.69, 9.17) is 4.74 Å². The molecule has 0 unspecified atom stereocenters. The summed E-state index contributed by atoms with van der Waals surface area (Å²) in [7, 11) is 0. The van der Waals surface area contributed by atoms with Gasteiger partial charge in [0.2, 0.25) is 5.88 Å². The monoisotopic (exact) mass is 358 g/mol. The molecule has 0 aliphatic carbocycles. The third kappa shape index (κ3) is 4.18. The molecular weight excluding hydrogens is 345 g/mol. The molecule has 2 aromatic carbocycles. The maximum atomic E-state index is 13.7. The Morgan fingerprint density at radius 1 is 1.00 bits per heavy atom. The van der Waals surface area contributed by atoms with Crippen molar-refractivity contribution in [3.63, 3.8) is 0 Å². The van der Waals surface area contributed by atoms with Crippen LogP contribution in [0.1, 0.15) is 15.9 Å². The van der Waals surface area contributed by atoms with Crippen LogP contribution in [-0.4, -0.2) is 10.9 Å². The number of aromatic nitrogens is 1. The van der Waals surface area contributed by atoms with Crippen molar-refractivity contribution in [2.75, 3.05) is 0 Å². The molecule has 1 heterocycles. The minimum Gasteiger partial charge on any atom is -0.439 e. The van der Waals surface area contributed by atoms with Gasteiger partial charge in [-0.05, 0) is 30.3 Å². The van der Waals surface area contributed by atoms with Crippen molar-refractivity contribution in [2.45, 2.75) is 6.54 Å². The molecule has 1 N–H and O–H groups in total. The number of hydrogen-bond donors (Lipinski definition) is 1. The van der Waals surface area contributed by atoms with E-state index in [-0.39, 0.29) is 23.7 Å². The van der Waals surface area contributed by atoms with E-state index in [1.807, 2.05) is 0 Å². The lowest BCUT2D eigenvalue weighted by atomic mass is 10.2. The number of benzene rings is 2. The number of halogens is 3. The fourth-order valence-corrected chi connectivity index (χ4v) is 2.24. The summed E-state index contributed by atoms with van der Waals surface area (Å²) >= 11 is 0. The summed E-state index contributed by atoms with van der Waals surface area (Å²) in [5.74, 6) is -2.45. The average molecular weight is 358 g/mol. The Bertz CT molecular complexity index is 948. The van der Waals surface area contributed by atoms with E-state index in [2.05, 4.69) is 10.3 Å². The number of amides is 1. The Hall–Kier alpha value is -3.35. The third-order valence-corrected chi connectivity index (χ3v) is 3.48. The molecule has 0 bridgehead atoms. The lowest BCUT2D eigenvalue weighted by molar-refractivity contribution is 0.0946. The van der Waals surface area contributed by atoms with Crippen LogP contribution < -0.4 is 10.1 Å². The van der Waals surface area contributed by atoms with Crippen LogP contribution in [0.25, 0.3) is 0 Å². The van der Waals surface area contributed by atoms with Gasteiger partial charge in [0.15, 0.2) is 0 Å². The standard InChI is InChI=1S/C19H13F3N2O2/c20-13-4-1-5-15(9-13)26-19-12(3-2-8-23-19)11-24-18(25)16-7-6-14(21)10-17(16)22/h1-10H,11H2,(H,24,25). The van der Waals surface area contributed by atoms with Crippen molar-refractivity contribution < 1.29 is 22.7 Å². The Labute approximate surface area is 147 Å². The van der Waals surface area contributed by atoms with E-state index in [0.29, 0.717) is 11.6 Å². The Kier molecular flexibility index (Phi) is 5.17. The van der Waals surface area contributed by atoms with Crippen LogP contribution in [0.3, 0.4) is 0 Å². The van der Waals surface area contributed by atoms with Crippen LogP contribution in [0.4, 0.5) is 13.2 Å². The van der Waals surface area contributed by atoms with Crippen LogP contribution in [0.2, 0.25) is 0 Å². The molecule has 0 aliphatic heterocycles. The fraction of sp³-hybridized carbons (Fsp3) is 0.0526. The third-order valence-electron chi connectivity index (χ3n) is 3.48. The van der Waals surface area contributed by atoms with Crippen LogP contribution in [0.15, 0.2) is 60.8 Å². The summed E-state index contributed by atoms with van der Waals surface area (Å²) in [4.78, 5) is 16.1. The highest BCUT2D eigenvalue weighted by molar-refractivity contribution is 5.94. The minimum absolute atomic E-state index is 0.00581. The molecule has 7 heteroatoms. The smallest absolute Gasteiger partial charge is 0.254 e. The van der Waals surface area contributed by atoms with Gasteiger partial charge in [-0.1, -0.05) is 12.1 Å². The lowest BCUT2D eigenvalue weighted by Crippen LogP contribution is -2.24. The predicted molar refractivity (Wildman–Crippen MR) is 88.2 cm³/mol. The number of carbonyl (C=O) groups is 1. The van der Waals surface area contributed by atoms with Gasteiger partial charge in [0.1, 0.15) is 23.2 Å². The molecule has 4 nitrogen and oxygen atoms in total. The molecule has 0 radical (unpaired) electrons. The van der Waals surface area contributed by atoms with Crippen molar-refractivity contribution >= 4 is 5.91 Å². The first-order valence-electron chi connectivity index (χ1n) is 7.63. The van der Waals surface area contributed by atoms with E-state index in [1.54, 1.807) is 18.2 Å². The van der Waals surface area contributed by atoms with Gasteiger partial charge in [-0.15, -0.1) is 0 Å². The Morgan fingerprint density at radius 2 is 1.81 bits per heavy atom. The second-order valence-corrected chi connectivity index (χ2v) is 5.33. The molecule has 0 aliphatic rings. The number of nitrogens with one attached hydrogen (secondary N) is 1. The van der Waals surface area contributed by atoms with Gasteiger partial charge in [0.25, 0.3) is 5.91 Å². The largest absolute Gasteiger partial charge is 0.439 e. The lowest BCUT2D eigenvalue weighted by Gasteiger charge is -2.11. The van der Waals surface area contributed by atoms with Crippen molar-refractivity contribution in [3.8, 4) is 11.6 Å². The number of hydrogen-bond acceptors (Lipinski definition) is 3. The SMILES string of the molecule is O=C(NCc1cccnc1Oc1cccc(F)c1)c1ccc(F)cc1F. The predicted octanol–water partition coefficient (Wildman–Crippen LogP) is 4.22. The highest BCUT2D eigenvalue weighted by Gasteiger charge is 2.14. The molecule has 1 amide bonds. The second kappa shape index (κ2) is 7.69. The Balaban J connectivity index is 1.73. The summed E-state index contributed by atoms with van der Waals surface area (Å²) in [6.45, 7) is -0.00581. The van der Waals surface area contributed by atoms with Gasteiger partial charge in [-0.3, -0.25) is 4.79 Å². The summed E-state index contributed by atoms with van der Waals surface area (Å²) in [5, 5.41) is 2.52. The maximum Gasteiger partial charge on any atom is 0.254 e. The van der Waals surface area contributed by atoms with Gasteiger partial charge in [0, 0.05) is 30.4 Å². The van der Waals surface area contributed by atoms with Crippen molar-refractivity contribution in [3.05, 3.63) is 89.4 Å². The minimum atomic E-state index is -0.954. The molecule has 0 atom stereocenters. The molecule has 132 valence electrons. The van der Waals surface area contributed by atoms with Crippen molar-refractivity contribution in [2.24, 2.45) is 0 Å². The van der Waals surface area contributed by atoms with Gasteiger partial charge in [-0.2, -0.15) is 0 Å². The van der Waals surface area contributed by atoms with E-state index >= 15 is 0 Å². The first-order chi connectivity index (χ1) is 12.5. The molecule has 0 saturated heterocycles. The van der Waals surface area contributed by atoms with Gasteiger partial charge < -0.3 is 10.1 Å². The number of nitrogens with zero attached hydrogens (tertiary/aromatic N) is 1. The summed E-state index contributed by atoms with van der Waals surface area (Å²) in [6.07, 6.45) is 1.49. The molecule has 3 aromatic rings. The van der Waals surface area contributed by atoms with Gasteiger partial charge in [0.05, 0.1) is 5.56 Å². The molecule has 26 heavy (non-hydrogen) atoms. The molecule has 3 rings (SSSR count). The molecular formula is C19H13F3N2O2. The van der Waals surface area contributed by atoms with E-state index < -0.39 is 23.4 Å². The normalized spacial score (nSPS) is 10.4. The maximum absolute atomic E-state index is 13.7. The molecule has 0 fully saturated rings. The number of carbonyl (C=O) groups excluding carboxylic acids is 1. The number of pyridine rings is 1. The summed E-state index contributed by atoms with van der Waals surface area (Å²) in [5.41, 5.74) is 0.232. The quantitative estimate of drug-likeness (QED) is 0.743. The highest BCUT2D eigenvalue weighted by Crippen LogP contribution is 2.23. The molecule has 0 spiro atoms. The first-order valence-corrected chi connectivity index (χ1v) is 7.63. The molecule has 1 aromatic heterocycles. The van der Waals surface area contributed by atoms with Crippen molar-refractivity contribution in [1.29, 1.82) is 0 Å². The zero-order valence-electron chi connectivity index (χ0n) is 13.4. The Morgan fingerprint density at radius 3 is 2.58 bits per heavy atom. The van der Waals surface area contributed by atoms with Gasteiger partial charge >= 0.3 is 0 Å². The van der Waals surface area contributed by atoms with E-state index in [0.717, 1.165) is 12.1 Å².